The number of benzene rings is 2. The van der Waals surface area contributed by atoms with E-state index >= 15 is 0 Å². The largest absolute Gasteiger partial charge is 0.488 e. The van der Waals surface area contributed by atoms with E-state index in [-0.39, 0.29) is 11.1 Å². The molecule has 2 aromatic carbocycles. The van der Waals surface area contributed by atoms with Gasteiger partial charge in [0.15, 0.2) is 0 Å². The zero-order chi connectivity index (χ0) is 22.7. The van der Waals surface area contributed by atoms with Crippen LogP contribution in [0.15, 0.2) is 41.3 Å². The standard InChI is InChI=1S/C24H22Cl2INO3S/c25-18-8-7-17(19(26)12-18)14-31-21-9-6-16(10-20(21)27)11-22-23(29)28(24(30)32-22)13-15-4-2-1-3-5-15/h6-12,15H,1-5,13-14H2/b22-11+. The molecule has 8 heteroatoms. The Morgan fingerprint density at radius 3 is 2.59 bits per heavy atom. The first-order valence-electron chi connectivity index (χ1n) is 10.5. The normalized spacial score (nSPS) is 18.6. The molecule has 1 saturated heterocycles. The van der Waals surface area contributed by atoms with Crippen LogP contribution in [0.2, 0.25) is 10.0 Å². The highest BCUT2D eigenvalue weighted by molar-refractivity contribution is 14.1. The summed E-state index contributed by atoms with van der Waals surface area (Å²) in [6.45, 7) is 0.866. The number of carbonyl (C=O) groups is 2. The monoisotopic (exact) mass is 601 g/mol. The van der Waals surface area contributed by atoms with E-state index in [1.54, 1.807) is 18.2 Å². The zero-order valence-electron chi connectivity index (χ0n) is 17.3. The summed E-state index contributed by atoms with van der Waals surface area (Å²) in [5, 5.41) is 0.982. The number of halogens is 3. The molecule has 0 spiro atoms. The highest BCUT2D eigenvalue weighted by atomic mass is 127. The fourth-order valence-corrected chi connectivity index (χ4v) is 5.96. The van der Waals surface area contributed by atoms with E-state index in [0.29, 0.717) is 34.0 Å². The second-order valence-electron chi connectivity index (χ2n) is 8.01. The zero-order valence-corrected chi connectivity index (χ0v) is 21.8. The van der Waals surface area contributed by atoms with Gasteiger partial charge in [0.05, 0.1) is 8.48 Å². The van der Waals surface area contributed by atoms with Crippen molar-refractivity contribution in [3.05, 3.63) is 66.0 Å². The van der Waals surface area contributed by atoms with Gasteiger partial charge in [0.2, 0.25) is 0 Å². The molecule has 2 fully saturated rings. The van der Waals surface area contributed by atoms with E-state index in [0.717, 1.165) is 45.1 Å². The molecule has 1 saturated carbocycles. The summed E-state index contributed by atoms with van der Waals surface area (Å²) in [5.74, 6) is 0.973. The van der Waals surface area contributed by atoms with Crippen molar-refractivity contribution in [1.29, 1.82) is 0 Å². The predicted octanol–water partition coefficient (Wildman–Crippen LogP) is 7.79. The molecule has 2 amide bonds. The van der Waals surface area contributed by atoms with Crippen LogP contribution < -0.4 is 4.74 Å². The van der Waals surface area contributed by atoms with Crippen LogP contribution in [0.4, 0.5) is 4.79 Å². The minimum absolute atomic E-state index is 0.165. The molecule has 32 heavy (non-hydrogen) atoms. The Hall–Kier alpha value is -1.22. The van der Waals surface area contributed by atoms with Crippen molar-refractivity contribution in [3.8, 4) is 5.75 Å². The van der Waals surface area contributed by atoms with Gasteiger partial charge in [-0.25, -0.2) is 0 Å². The lowest BCUT2D eigenvalue weighted by Gasteiger charge is -2.25. The molecule has 0 N–H and O–H groups in total. The first-order chi connectivity index (χ1) is 15.4. The van der Waals surface area contributed by atoms with Crippen molar-refractivity contribution in [2.45, 2.75) is 38.7 Å². The molecule has 1 heterocycles. The van der Waals surface area contributed by atoms with Crippen LogP contribution in [0, 0.1) is 9.49 Å². The number of carbonyl (C=O) groups excluding carboxylic acids is 2. The average Bonchev–Trinajstić information content (AvgIpc) is 3.02. The quantitative estimate of drug-likeness (QED) is 0.250. The van der Waals surface area contributed by atoms with Gasteiger partial charge in [0.1, 0.15) is 12.4 Å². The summed E-state index contributed by atoms with van der Waals surface area (Å²) in [6.07, 6.45) is 7.61. The molecule has 0 unspecified atom stereocenters. The lowest BCUT2D eigenvalue weighted by Crippen LogP contribution is -2.34. The van der Waals surface area contributed by atoms with E-state index < -0.39 is 0 Å². The number of rotatable bonds is 6. The molecule has 2 aromatic rings. The Morgan fingerprint density at radius 1 is 1.09 bits per heavy atom. The van der Waals surface area contributed by atoms with E-state index in [1.165, 1.54) is 24.2 Å². The maximum atomic E-state index is 12.8. The first-order valence-corrected chi connectivity index (χ1v) is 13.2. The Balaban J connectivity index is 1.42. The van der Waals surface area contributed by atoms with E-state index in [2.05, 4.69) is 22.6 Å². The average molecular weight is 602 g/mol. The van der Waals surface area contributed by atoms with Gasteiger partial charge in [-0.15, -0.1) is 0 Å². The third-order valence-electron chi connectivity index (χ3n) is 5.69. The molecule has 0 radical (unpaired) electrons. The first kappa shape index (κ1) is 23.9. The molecule has 1 aliphatic heterocycles. The third-order valence-corrected chi connectivity index (χ3v) is 8.03. The second-order valence-corrected chi connectivity index (χ2v) is 11.0. The van der Waals surface area contributed by atoms with Crippen LogP contribution >= 0.6 is 57.6 Å². The summed E-state index contributed by atoms with van der Waals surface area (Å²) < 4.78 is 6.82. The summed E-state index contributed by atoms with van der Waals surface area (Å²) in [6, 6.07) is 11.0. The SMILES string of the molecule is O=C1S/C(=C/c2ccc(OCc3ccc(Cl)cc3Cl)c(I)c2)C(=O)N1CC1CCCCC1. The van der Waals surface area contributed by atoms with Gasteiger partial charge in [0, 0.05) is 22.2 Å². The van der Waals surface area contributed by atoms with E-state index in [4.69, 9.17) is 27.9 Å². The third kappa shape index (κ3) is 5.82. The van der Waals surface area contributed by atoms with Gasteiger partial charge in [-0.3, -0.25) is 14.5 Å². The predicted molar refractivity (Wildman–Crippen MR) is 139 cm³/mol. The van der Waals surface area contributed by atoms with Gasteiger partial charge in [-0.1, -0.05) is 54.6 Å². The van der Waals surface area contributed by atoms with Crippen molar-refractivity contribution in [3.63, 3.8) is 0 Å². The maximum absolute atomic E-state index is 12.8. The molecule has 0 atom stereocenters. The molecule has 168 valence electrons. The highest BCUT2D eigenvalue weighted by Crippen LogP contribution is 2.35. The Kier molecular flexibility index (Phi) is 8.08. The molecular weight excluding hydrogens is 580 g/mol. The summed E-state index contributed by atoms with van der Waals surface area (Å²) in [4.78, 5) is 27.2. The van der Waals surface area contributed by atoms with Crippen LogP contribution in [0.5, 0.6) is 5.75 Å². The molecule has 0 aromatic heterocycles. The van der Waals surface area contributed by atoms with Crippen LogP contribution in [0.3, 0.4) is 0 Å². The van der Waals surface area contributed by atoms with Crippen molar-refractivity contribution in [1.82, 2.24) is 4.90 Å². The minimum Gasteiger partial charge on any atom is -0.488 e. The Bertz CT molecular complexity index is 1070. The number of imide groups is 1. The molecule has 1 aliphatic carbocycles. The lowest BCUT2D eigenvalue weighted by atomic mass is 9.89. The molecule has 0 bridgehead atoms. The van der Waals surface area contributed by atoms with Crippen molar-refractivity contribution >= 4 is 74.8 Å². The summed E-state index contributed by atoms with van der Waals surface area (Å²) in [7, 11) is 0. The fourth-order valence-electron chi connectivity index (χ4n) is 3.95. The summed E-state index contributed by atoms with van der Waals surface area (Å²) in [5.41, 5.74) is 1.71. The number of hydrogen-bond donors (Lipinski definition) is 0. The van der Waals surface area contributed by atoms with Gasteiger partial charge >= 0.3 is 0 Å². The second kappa shape index (κ2) is 10.8. The Labute approximate surface area is 215 Å². The number of hydrogen-bond acceptors (Lipinski definition) is 4. The molecule has 4 nitrogen and oxygen atoms in total. The minimum atomic E-state index is -0.182. The number of amides is 2. The number of ether oxygens (including phenoxy) is 1. The van der Waals surface area contributed by atoms with Gasteiger partial charge < -0.3 is 4.74 Å². The summed E-state index contributed by atoms with van der Waals surface area (Å²) >= 11 is 15.4. The van der Waals surface area contributed by atoms with Gasteiger partial charge in [-0.2, -0.15) is 0 Å². The van der Waals surface area contributed by atoms with E-state index in [1.807, 2.05) is 24.3 Å². The fraction of sp³-hybridized carbons (Fsp3) is 0.333. The molecule has 4 rings (SSSR count). The molecule has 2 aliphatic rings. The van der Waals surface area contributed by atoms with Crippen molar-refractivity contribution < 1.29 is 14.3 Å². The number of thioether (sulfide) groups is 1. The maximum Gasteiger partial charge on any atom is 0.293 e. The lowest BCUT2D eigenvalue weighted by molar-refractivity contribution is -0.123. The Morgan fingerprint density at radius 2 is 1.88 bits per heavy atom. The number of nitrogens with zero attached hydrogens (tertiary/aromatic N) is 1. The van der Waals surface area contributed by atoms with E-state index in [9.17, 15) is 9.59 Å². The van der Waals surface area contributed by atoms with Crippen molar-refractivity contribution in [2.75, 3.05) is 6.54 Å². The van der Waals surface area contributed by atoms with Crippen LogP contribution in [0.25, 0.3) is 6.08 Å². The molecular formula is C24H22Cl2INO3S. The van der Waals surface area contributed by atoms with Gasteiger partial charge in [-0.05, 0) is 89.0 Å². The van der Waals surface area contributed by atoms with Crippen molar-refractivity contribution in [2.24, 2.45) is 5.92 Å². The topological polar surface area (TPSA) is 46.6 Å². The van der Waals surface area contributed by atoms with Crippen LogP contribution in [-0.4, -0.2) is 22.6 Å². The van der Waals surface area contributed by atoms with Gasteiger partial charge in [0.25, 0.3) is 11.1 Å². The van der Waals surface area contributed by atoms with Crippen LogP contribution in [-0.2, 0) is 11.4 Å². The highest BCUT2D eigenvalue weighted by Gasteiger charge is 2.36. The van der Waals surface area contributed by atoms with Crippen LogP contribution in [0.1, 0.15) is 43.2 Å². The smallest absolute Gasteiger partial charge is 0.293 e.